The maximum Gasteiger partial charge on any atom is 0.407 e. The van der Waals surface area contributed by atoms with Gasteiger partial charge in [0, 0.05) is 29.9 Å². The Balaban J connectivity index is 1.02. The monoisotopic (exact) mass is 601 g/mol. The van der Waals surface area contributed by atoms with Gasteiger partial charge in [0.05, 0.1) is 6.61 Å². The van der Waals surface area contributed by atoms with Crippen molar-refractivity contribution in [3.05, 3.63) is 129 Å². The van der Waals surface area contributed by atoms with Crippen molar-refractivity contribution in [2.75, 3.05) is 6.61 Å². The first-order chi connectivity index (χ1) is 21.9. The van der Waals surface area contributed by atoms with Crippen molar-refractivity contribution in [1.29, 1.82) is 0 Å². The average Bonchev–Trinajstić information content (AvgIpc) is 3.36. The molecule has 0 saturated carbocycles. The van der Waals surface area contributed by atoms with Gasteiger partial charge >= 0.3 is 11.8 Å². The molecule has 10 heteroatoms. The third-order valence-electron chi connectivity index (χ3n) is 8.07. The van der Waals surface area contributed by atoms with Gasteiger partial charge in [-0.15, -0.1) is 0 Å². The molecule has 2 heterocycles. The molecule has 6 aromatic rings. The molecule has 0 bridgehead atoms. The lowest BCUT2D eigenvalue weighted by Gasteiger charge is -2.22. The van der Waals surface area contributed by atoms with Crippen LogP contribution in [0.3, 0.4) is 0 Å². The smallest absolute Gasteiger partial charge is 0.407 e. The molecule has 1 aromatic heterocycles. The van der Waals surface area contributed by atoms with E-state index in [1.807, 2.05) is 24.3 Å². The molecule has 4 atom stereocenters. The molecule has 1 fully saturated rings. The Hall–Kier alpha value is -5.47. The first kappa shape index (κ1) is 28.3. The standard InChI is InChI=1S/C35H27N3O7/c39-19-27-31(41)32(33(44-27)38-15-14-28(40)37-34(38)42)45-35(43)36-18-21-7-4-20(5-8-21)6-9-22-16-25-12-10-23-2-1-3-24-11-13-26(17-22)30(25)29(23)24/h1-5,7-8,10-17,27,31-33,39,41H,18-19H2,(H,36,43)(H,37,40,42)/t27-,31-,32+,33-/m1/s1. The SMILES string of the molecule is O=C(NCc1ccc(C#Cc2cc3ccc4cccc5ccc(c2)c3c45)cc1)O[C@H]1[C@H](O)[C@@H](CO)O[C@H]1n1ccc(=O)[nH]c1=O. The number of alkyl carbamates (subject to hydrolysis) is 1. The fraction of sp³-hybridized carbons (Fsp3) is 0.171. The van der Waals surface area contributed by atoms with E-state index in [0.29, 0.717) is 0 Å². The van der Waals surface area contributed by atoms with Crippen molar-refractivity contribution in [2.24, 2.45) is 0 Å². The van der Waals surface area contributed by atoms with Crippen molar-refractivity contribution in [2.45, 2.75) is 31.1 Å². The summed E-state index contributed by atoms with van der Waals surface area (Å²) in [5.41, 5.74) is 1.08. The number of aliphatic hydroxyl groups is 2. The van der Waals surface area contributed by atoms with Crippen LogP contribution in [0.4, 0.5) is 4.79 Å². The van der Waals surface area contributed by atoms with Crippen molar-refractivity contribution in [3.63, 3.8) is 0 Å². The van der Waals surface area contributed by atoms with E-state index in [0.717, 1.165) is 38.1 Å². The summed E-state index contributed by atoms with van der Waals surface area (Å²) in [5.74, 6) is 6.49. The molecule has 0 aliphatic carbocycles. The molecule has 1 aliphatic rings. The summed E-state index contributed by atoms with van der Waals surface area (Å²) in [5, 5.41) is 30.0. The maximum atomic E-state index is 12.6. The summed E-state index contributed by atoms with van der Waals surface area (Å²) in [4.78, 5) is 38.4. The van der Waals surface area contributed by atoms with Gasteiger partial charge in [-0.1, -0.05) is 66.4 Å². The molecule has 0 radical (unpaired) electrons. The largest absolute Gasteiger partial charge is 0.438 e. The van der Waals surface area contributed by atoms with E-state index in [2.05, 4.69) is 76.7 Å². The number of nitrogens with one attached hydrogen (secondary N) is 2. The van der Waals surface area contributed by atoms with E-state index >= 15 is 0 Å². The van der Waals surface area contributed by atoms with E-state index < -0.39 is 48.5 Å². The number of aromatic nitrogens is 2. The van der Waals surface area contributed by atoms with Crippen LogP contribution in [0.25, 0.3) is 32.3 Å². The van der Waals surface area contributed by atoms with Crippen LogP contribution in [0, 0.1) is 11.8 Å². The van der Waals surface area contributed by atoms with Crippen LogP contribution < -0.4 is 16.6 Å². The highest BCUT2D eigenvalue weighted by Gasteiger charge is 2.47. The fourth-order valence-corrected chi connectivity index (χ4v) is 5.86. The van der Waals surface area contributed by atoms with Gasteiger partial charge in [-0.25, -0.2) is 9.59 Å². The number of hydrogen-bond acceptors (Lipinski definition) is 7. The van der Waals surface area contributed by atoms with E-state index in [1.165, 1.54) is 27.7 Å². The molecule has 7 rings (SSSR count). The van der Waals surface area contributed by atoms with Crippen molar-refractivity contribution < 1.29 is 24.5 Å². The summed E-state index contributed by atoms with van der Waals surface area (Å²) < 4.78 is 11.9. The Morgan fingerprint density at radius 3 is 2.20 bits per heavy atom. The van der Waals surface area contributed by atoms with Crippen LogP contribution in [0.15, 0.2) is 101 Å². The predicted octanol–water partition coefficient (Wildman–Crippen LogP) is 3.38. The topological polar surface area (TPSA) is 143 Å². The summed E-state index contributed by atoms with van der Waals surface area (Å²) in [6.07, 6.45) is -4.76. The summed E-state index contributed by atoms with van der Waals surface area (Å²) >= 11 is 0. The van der Waals surface area contributed by atoms with Gasteiger partial charge in [-0.2, -0.15) is 0 Å². The number of benzene rings is 5. The van der Waals surface area contributed by atoms with Gasteiger partial charge in [0.2, 0.25) is 0 Å². The molecule has 5 aromatic carbocycles. The first-order valence-electron chi connectivity index (χ1n) is 14.4. The molecule has 1 aliphatic heterocycles. The average molecular weight is 602 g/mol. The van der Waals surface area contributed by atoms with Crippen molar-refractivity contribution in [3.8, 4) is 11.8 Å². The van der Waals surface area contributed by atoms with E-state index in [4.69, 9.17) is 9.47 Å². The molecule has 1 saturated heterocycles. The number of aliphatic hydroxyl groups excluding tert-OH is 2. The Bertz CT molecular complexity index is 2170. The molecular weight excluding hydrogens is 574 g/mol. The van der Waals surface area contributed by atoms with Gasteiger partial charge in [-0.3, -0.25) is 14.3 Å². The van der Waals surface area contributed by atoms with Crippen LogP contribution in [-0.4, -0.2) is 50.8 Å². The zero-order valence-electron chi connectivity index (χ0n) is 23.8. The fourth-order valence-electron chi connectivity index (χ4n) is 5.86. The predicted molar refractivity (Wildman–Crippen MR) is 168 cm³/mol. The number of nitrogens with zero attached hydrogens (tertiary/aromatic N) is 1. The van der Waals surface area contributed by atoms with Gasteiger partial charge in [0.1, 0.15) is 12.2 Å². The van der Waals surface area contributed by atoms with Crippen molar-refractivity contribution in [1.82, 2.24) is 14.9 Å². The molecular formula is C35H27N3O7. The normalized spacial score (nSPS) is 19.5. The molecule has 10 nitrogen and oxygen atoms in total. The summed E-state index contributed by atoms with van der Waals surface area (Å²) in [7, 11) is 0. The third kappa shape index (κ3) is 5.41. The molecule has 0 spiro atoms. The number of rotatable bonds is 5. The molecule has 0 unspecified atom stereocenters. The van der Waals surface area contributed by atoms with Gasteiger partial charge in [-0.05, 0) is 62.1 Å². The van der Waals surface area contributed by atoms with E-state index in [-0.39, 0.29) is 6.54 Å². The van der Waals surface area contributed by atoms with Crippen LogP contribution >= 0.6 is 0 Å². The quantitative estimate of drug-likeness (QED) is 0.175. The molecule has 4 N–H and O–H groups in total. The second-order valence-electron chi connectivity index (χ2n) is 10.9. The highest BCUT2D eigenvalue weighted by atomic mass is 16.6. The van der Waals surface area contributed by atoms with Gasteiger partial charge in [0.25, 0.3) is 5.56 Å². The first-order valence-corrected chi connectivity index (χ1v) is 14.4. The lowest BCUT2D eigenvalue weighted by Crippen LogP contribution is -2.42. The Labute approximate surface area is 255 Å². The van der Waals surface area contributed by atoms with Crippen LogP contribution in [0.1, 0.15) is 22.9 Å². The summed E-state index contributed by atoms with van der Waals surface area (Å²) in [6.45, 7) is -0.442. The van der Waals surface area contributed by atoms with Gasteiger partial charge in [0.15, 0.2) is 12.3 Å². The van der Waals surface area contributed by atoms with Gasteiger partial charge < -0.3 is 25.0 Å². The minimum Gasteiger partial charge on any atom is -0.438 e. The maximum absolute atomic E-state index is 12.6. The number of H-pyrrole nitrogens is 1. The summed E-state index contributed by atoms with van der Waals surface area (Å²) in [6, 6.07) is 27.6. The number of hydrogen-bond donors (Lipinski definition) is 4. The van der Waals surface area contributed by atoms with Crippen LogP contribution in [0.2, 0.25) is 0 Å². The highest BCUT2D eigenvalue weighted by molar-refractivity contribution is 6.23. The molecule has 1 amide bonds. The zero-order chi connectivity index (χ0) is 31.1. The van der Waals surface area contributed by atoms with Crippen molar-refractivity contribution >= 4 is 38.4 Å². The van der Waals surface area contributed by atoms with E-state index in [9.17, 15) is 24.6 Å². The molecule has 224 valence electrons. The van der Waals surface area contributed by atoms with Crippen LogP contribution in [-0.2, 0) is 16.0 Å². The minimum absolute atomic E-state index is 0.124. The zero-order valence-corrected chi connectivity index (χ0v) is 23.8. The Kier molecular flexibility index (Phi) is 7.27. The number of carbonyl (C=O) groups excluding carboxylic acids is 1. The van der Waals surface area contributed by atoms with Crippen LogP contribution in [0.5, 0.6) is 0 Å². The molecule has 45 heavy (non-hydrogen) atoms. The Morgan fingerprint density at radius 1 is 0.889 bits per heavy atom. The van der Waals surface area contributed by atoms with E-state index in [1.54, 1.807) is 0 Å². The number of aromatic amines is 1. The number of ether oxygens (including phenoxy) is 2. The number of amides is 1. The third-order valence-corrected chi connectivity index (χ3v) is 8.07. The highest BCUT2D eigenvalue weighted by Crippen LogP contribution is 2.35. The second kappa shape index (κ2) is 11.6. The Morgan fingerprint density at radius 2 is 1.53 bits per heavy atom. The number of carbonyl (C=O) groups is 1. The second-order valence-corrected chi connectivity index (χ2v) is 10.9. The minimum atomic E-state index is -1.41. The lowest BCUT2D eigenvalue weighted by atomic mass is 9.93. The lowest BCUT2D eigenvalue weighted by molar-refractivity contribution is -0.0569.